The Labute approximate surface area is 127 Å². The molecule has 0 spiro atoms. The number of esters is 1. The van der Waals surface area contributed by atoms with Gasteiger partial charge in [-0.2, -0.15) is 17.4 Å². The maximum atomic E-state index is 12.4. The summed E-state index contributed by atoms with van der Waals surface area (Å²) in [6.07, 6.45) is 3.80. The molecule has 1 aliphatic rings. The molecule has 2 atom stereocenters. The van der Waals surface area contributed by atoms with Gasteiger partial charge in [-0.3, -0.25) is 4.79 Å². The van der Waals surface area contributed by atoms with Crippen LogP contribution in [0.4, 0.5) is 0 Å². The van der Waals surface area contributed by atoms with Crippen molar-refractivity contribution in [1.29, 1.82) is 0 Å². The van der Waals surface area contributed by atoms with Gasteiger partial charge in [0.1, 0.15) is 0 Å². The Kier molecular flexibility index (Phi) is 6.58. The van der Waals surface area contributed by atoms with Crippen LogP contribution in [-0.2, 0) is 19.7 Å². The number of rotatable bonds is 7. The Bertz CT molecular complexity index is 454. The SMILES string of the molecule is COC(=O)CCN(C)S(=O)(=O)NC1(CN)CCCCC1C. The molecule has 0 aromatic carbocycles. The Hall–Kier alpha value is -0.700. The number of nitrogens with one attached hydrogen (secondary N) is 1. The van der Waals surface area contributed by atoms with E-state index in [1.54, 1.807) is 0 Å². The molecular formula is C13H27N3O4S. The lowest BCUT2D eigenvalue weighted by molar-refractivity contribution is -0.140. The quantitative estimate of drug-likeness (QED) is 0.653. The van der Waals surface area contributed by atoms with Crippen molar-refractivity contribution in [3.8, 4) is 0 Å². The number of nitrogens with zero attached hydrogens (tertiary/aromatic N) is 1. The molecule has 1 fully saturated rings. The van der Waals surface area contributed by atoms with Gasteiger partial charge in [0, 0.05) is 25.7 Å². The maximum Gasteiger partial charge on any atom is 0.306 e. The Balaban J connectivity index is 2.75. The van der Waals surface area contributed by atoms with Crippen LogP contribution < -0.4 is 10.5 Å². The van der Waals surface area contributed by atoms with Crippen molar-refractivity contribution in [3.63, 3.8) is 0 Å². The standard InChI is InChI=1S/C13H27N3O4S/c1-11-6-4-5-8-13(11,10-14)15-21(18,19)16(2)9-7-12(17)20-3/h11,15H,4-10,14H2,1-3H3. The number of hydrogen-bond donors (Lipinski definition) is 2. The summed E-state index contributed by atoms with van der Waals surface area (Å²) in [5.74, 6) is -0.239. The average molecular weight is 321 g/mol. The first-order chi connectivity index (χ1) is 9.77. The van der Waals surface area contributed by atoms with Crippen molar-refractivity contribution >= 4 is 16.2 Å². The molecule has 1 rings (SSSR count). The largest absolute Gasteiger partial charge is 0.469 e. The van der Waals surface area contributed by atoms with Crippen LogP contribution in [0.15, 0.2) is 0 Å². The summed E-state index contributed by atoms with van der Waals surface area (Å²) in [6.45, 7) is 2.39. The Morgan fingerprint density at radius 1 is 1.48 bits per heavy atom. The van der Waals surface area contributed by atoms with Gasteiger partial charge in [0.15, 0.2) is 0 Å². The highest BCUT2D eigenvalue weighted by Crippen LogP contribution is 2.33. The van der Waals surface area contributed by atoms with E-state index in [4.69, 9.17) is 5.73 Å². The number of nitrogens with two attached hydrogens (primary N) is 1. The molecule has 124 valence electrons. The van der Waals surface area contributed by atoms with Gasteiger partial charge >= 0.3 is 5.97 Å². The minimum absolute atomic E-state index is 0.0269. The molecule has 0 radical (unpaired) electrons. The summed E-state index contributed by atoms with van der Waals surface area (Å²) < 4.78 is 33.3. The highest BCUT2D eigenvalue weighted by atomic mass is 32.2. The van der Waals surface area contributed by atoms with Crippen LogP contribution in [0.3, 0.4) is 0 Å². The van der Waals surface area contributed by atoms with Crippen LogP contribution in [0, 0.1) is 5.92 Å². The molecule has 8 heteroatoms. The van der Waals surface area contributed by atoms with Gasteiger partial charge in [0.2, 0.25) is 0 Å². The van der Waals surface area contributed by atoms with Crippen molar-refractivity contribution in [1.82, 2.24) is 9.03 Å². The molecule has 7 nitrogen and oxygen atoms in total. The van der Waals surface area contributed by atoms with E-state index in [0.29, 0.717) is 0 Å². The fourth-order valence-corrected chi connectivity index (χ4v) is 4.10. The van der Waals surface area contributed by atoms with E-state index in [9.17, 15) is 13.2 Å². The van der Waals surface area contributed by atoms with Crippen LogP contribution in [0.5, 0.6) is 0 Å². The zero-order valence-corrected chi connectivity index (χ0v) is 13.9. The average Bonchev–Trinajstić information content (AvgIpc) is 2.46. The molecule has 0 aromatic rings. The van der Waals surface area contributed by atoms with Crippen LogP contribution in [0.25, 0.3) is 0 Å². The van der Waals surface area contributed by atoms with Gasteiger partial charge < -0.3 is 10.5 Å². The number of carbonyl (C=O) groups is 1. The second-order valence-electron chi connectivity index (χ2n) is 5.76. The summed E-state index contributed by atoms with van der Waals surface area (Å²) in [6, 6.07) is 0. The minimum atomic E-state index is -3.67. The Morgan fingerprint density at radius 3 is 2.67 bits per heavy atom. The lowest BCUT2D eigenvalue weighted by atomic mass is 9.74. The third-order valence-electron chi connectivity index (χ3n) is 4.42. The van der Waals surface area contributed by atoms with E-state index in [-0.39, 0.29) is 25.4 Å². The predicted molar refractivity (Wildman–Crippen MR) is 80.7 cm³/mol. The summed E-state index contributed by atoms with van der Waals surface area (Å²) in [5, 5.41) is 0. The van der Waals surface area contributed by atoms with Crippen molar-refractivity contribution in [2.24, 2.45) is 11.7 Å². The molecule has 0 aromatic heterocycles. The summed E-state index contributed by atoms with van der Waals surface area (Å²) in [4.78, 5) is 11.1. The van der Waals surface area contributed by atoms with E-state index in [0.717, 1.165) is 30.0 Å². The lowest BCUT2D eigenvalue weighted by Gasteiger charge is -2.42. The van der Waals surface area contributed by atoms with E-state index in [1.165, 1.54) is 14.2 Å². The second kappa shape index (κ2) is 7.53. The van der Waals surface area contributed by atoms with E-state index in [1.807, 2.05) is 6.92 Å². The summed E-state index contributed by atoms with van der Waals surface area (Å²) in [7, 11) is -0.944. The van der Waals surface area contributed by atoms with Crippen molar-refractivity contribution in [2.75, 3.05) is 27.2 Å². The first-order valence-electron chi connectivity index (χ1n) is 7.29. The number of hydrogen-bond acceptors (Lipinski definition) is 5. The fourth-order valence-electron chi connectivity index (χ4n) is 2.72. The number of ether oxygens (including phenoxy) is 1. The van der Waals surface area contributed by atoms with E-state index < -0.39 is 21.7 Å². The smallest absolute Gasteiger partial charge is 0.306 e. The molecule has 0 saturated heterocycles. The summed E-state index contributed by atoms with van der Waals surface area (Å²) >= 11 is 0. The van der Waals surface area contributed by atoms with Gasteiger partial charge in [-0.15, -0.1) is 0 Å². The lowest BCUT2D eigenvalue weighted by Crippen LogP contribution is -2.61. The number of carbonyl (C=O) groups excluding carboxylic acids is 1. The van der Waals surface area contributed by atoms with Crippen LogP contribution >= 0.6 is 0 Å². The van der Waals surface area contributed by atoms with Gasteiger partial charge in [-0.1, -0.05) is 19.8 Å². The van der Waals surface area contributed by atoms with Gasteiger partial charge in [0.25, 0.3) is 10.2 Å². The van der Waals surface area contributed by atoms with Gasteiger partial charge in [0.05, 0.1) is 13.5 Å². The fraction of sp³-hybridized carbons (Fsp3) is 0.923. The third-order valence-corrected chi connectivity index (χ3v) is 6.09. The number of methoxy groups -OCH3 is 1. The molecule has 0 bridgehead atoms. The van der Waals surface area contributed by atoms with Crippen LogP contribution in [-0.4, -0.2) is 51.5 Å². The molecule has 1 aliphatic carbocycles. The van der Waals surface area contributed by atoms with Crippen molar-refractivity contribution in [3.05, 3.63) is 0 Å². The molecule has 0 amide bonds. The predicted octanol–water partition coefficient (Wildman–Crippen LogP) is 0.223. The highest BCUT2D eigenvalue weighted by Gasteiger charge is 2.41. The molecule has 0 aliphatic heterocycles. The summed E-state index contributed by atoms with van der Waals surface area (Å²) in [5.41, 5.74) is 5.27. The molecule has 3 N–H and O–H groups in total. The minimum Gasteiger partial charge on any atom is -0.469 e. The van der Waals surface area contributed by atoms with Crippen molar-refractivity contribution in [2.45, 2.75) is 44.6 Å². The van der Waals surface area contributed by atoms with Crippen LogP contribution in [0.2, 0.25) is 0 Å². The van der Waals surface area contributed by atoms with Crippen molar-refractivity contribution < 1.29 is 17.9 Å². The molecular weight excluding hydrogens is 294 g/mol. The zero-order chi connectivity index (χ0) is 16.1. The maximum absolute atomic E-state index is 12.4. The first-order valence-corrected chi connectivity index (χ1v) is 8.73. The highest BCUT2D eigenvalue weighted by molar-refractivity contribution is 7.87. The second-order valence-corrected chi connectivity index (χ2v) is 7.54. The van der Waals surface area contributed by atoms with Gasteiger partial charge in [-0.25, -0.2) is 0 Å². The third kappa shape index (κ3) is 4.64. The van der Waals surface area contributed by atoms with E-state index in [2.05, 4.69) is 9.46 Å². The molecule has 2 unspecified atom stereocenters. The zero-order valence-electron chi connectivity index (χ0n) is 13.1. The molecule has 1 saturated carbocycles. The molecule has 21 heavy (non-hydrogen) atoms. The van der Waals surface area contributed by atoms with Crippen LogP contribution in [0.1, 0.15) is 39.0 Å². The normalized spacial score (nSPS) is 26.8. The van der Waals surface area contributed by atoms with E-state index >= 15 is 0 Å². The Morgan fingerprint density at radius 2 is 2.14 bits per heavy atom. The topological polar surface area (TPSA) is 102 Å². The van der Waals surface area contributed by atoms with Gasteiger partial charge in [-0.05, 0) is 18.8 Å². The first kappa shape index (κ1) is 18.3. The monoisotopic (exact) mass is 321 g/mol. The molecule has 0 heterocycles.